The molecule has 0 unspecified atom stereocenters. The SMILES string of the molecule is OOCC#Cc1ccccc1. The maximum atomic E-state index is 7.94. The predicted octanol–water partition coefficient (Wildman–Crippen LogP) is 1.53. The Morgan fingerprint density at radius 2 is 2.00 bits per heavy atom. The van der Waals surface area contributed by atoms with E-state index in [2.05, 4.69) is 16.7 Å². The van der Waals surface area contributed by atoms with E-state index in [9.17, 15) is 0 Å². The van der Waals surface area contributed by atoms with E-state index in [4.69, 9.17) is 5.26 Å². The van der Waals surface area contributed by atoms with Crippen molar-refractivity contribution < 1.29 is 10.1 Å². The number of hydrogen-bond donors (Lipinski definition) is 1. The molecule has 0 fully saturated rings. The number of benzene rings is 1. The first-order valence-electron chi connectivity index (χ1n) is 3.24. The first-order valence-corrected chi connectivity index (χ1v) is 3.24. The van der Waals surface area contributed by atoms with Crippen molar-refractivity contribution in [3.8, 4) is 11.8 Å². The first kappa shape index (κ1) is 7.80. The second-order valence-corrected chi connectivity index (χ2v) is 1.94. The smallest absolute Gasteiger partial charge is 0.143 e. The van der Waals surface area contributed by atoms with Crippen LogP contribution in [0.5, 0.6) is 0 Å². The van der Waals surface area contributed by atoms with Crippen LogP contribution >= 0.6 is 0 Å². The van der Waals surface area contributed by atoms with Gasteiger partial charge in [-0.15, -0.1) is 0 Å². The lowest BCUT2D eigenvalue weighted by Crippen LogP contribution is -1.82. The average molecular weight is 148 g/mol. The van der Waals surface area contributed by atoms with Crippen molar-refractivity contribution in [2.75, 3.05) is 6.61 Å². The second kappa shape index (κ2) is 4.51. The minimum Gasteiger partial charge on any atom is -0.251 e. The van der Waals surface area contributed by atoms with Crippen LogP contribution in [-0.4, -0.2) is 11.9 Å². The normalized spacial score (nSPS) is 8.45. The molecule has 0 radical (unpaired) electrons. The molecule has 2 heteroatoms. The van der Waals surface area contributed by atoms with Crippen LogP contribution in [-0.2, 0) is 4.89 Å². The molecule has 0 aliphatic carbocycles. The molecular formula is C9H8O2. The van der Waals surface area contributed by atoms with Crippen molar-refractivity contribution in [1.29, 1.82) is 0 Å². The molecule has 1 rings (SSSR count). The van der Waals surface area contributed by atoms with Crippen molar-refractivity contribution in [3.05, 3.63) is 35.9 Å². The Morgan fingerprint density at radius 1 is 1.27 bits per heavy atom. The summed E-state index contributed by atoms with van der Waals surface area (Å²) in [6.45, 7) is 0.0505. The summed E-state index contributed by atoms with van der Waals surface area (Å²) in [5.74, 6) is 5.44. The Bertz CT molecular complexity index is 256. The zero-order valence-corrected chi connectivity index (χ0v) is 5.95. The van der Waals surface area contributed by atoms with E-state index in [-0.39, 0.29) is 6.61 Å². The van der Waals surface area contributed by atoms with Crippen LogP contribution in [0.25, 0.3) is 0 Å². The average Bonchev–Trinajstić information content (AvgIpc) is 2.07. The summed E-state index contributed by atoms with van der Waals surface area (Å²) in [6, 6.07) is 9.52. The zero-order valence-electron chi connectivity index (χ0n) is 5.95. The highest BCUT2D eigenvalue weighted by molar-refractivity contribution is 5.33. The number of rotatable bonds is 1. The third-order valence-electron chi connectivity index (χ3n) is 1.14. The topological polar surface area (TPSA) is 29.5 Å². The Labute approximate surface area is 65.4 Å². The molecule has 1 aromatic rings. The Morgan fingerprint density at radius 3 is 2.64 bits per heavy atom. The molecule has 0 heterocycles. The van der Waals surface area contributed by atoms with Gasteiger partial charge in [0.05, 0.1) is 0 Å². The minimum absolute atomic E-state index is 0.0505. The lowest BCUT2D eigenvalue weighted by atomic mass is 10.2. The third-order valence-corrected chi connectivity index (χ3v) is 1.14. The van der Waals surface area contributed by atoms with Gasteiger partial charge in [0.15, 0.2) is 0 Å². The molecule has 0 aliphatic rings. The summed E-state index contributed by atoms with van der Waals surface area (Å²) < 4.78 is 0. The van der Waals surface area contributed by atoms with Crippen molar-refractivity contribution in [2.24, 2.45) is 0 Å². The van der Waals surface area contributed by atoms with Gasteiger partial charge in [-0.3, -0.25) is 5.26 Å². The molecule has 0 amide bonds. The largest absolute Gasteiger partial charge is 0.251 e. The van der Waals surface area contributed by atoms with Gasteiger partial charge in [-0.25, -0.2) is 4.89 Å². The lowest BCUT2D eigenvalue weighted by molar-refractivity contribution is -0.229. The summed E-state index contributed by atoms with van der Waals surface area (Å²) in [5, 5.41) is 7.94. The van der Waals surface area contributed by atoms with Crippen LogP contribution in [0.3, 0.4) is 0 Å². The fraction of sp³-hybridized carbons (Fsp3) is 0.111. The molecule has 2 nitrogen and oxygen atoms in total. The van der Waals surface area contributed by atoms with E-state index in [1.807, 2.05) is 30.3 Å². The van der Waals surface area contributed by atoms with Gasteiger partial charge in [0.25, 0.3) is 0 Å². The molecule has 0 aliphatic heterocycles. The van der Waals surface area contributed by atoms with Gasteiger partial charge in [-0.1, -0.05) is 30.0 Å². The third kappa shape index (κ3) is 2.85. The lowest BCUT2D eigenvalue weighted by Gasteiger charge is -1.85. The first-order chi connectivity index (χ1) is 5.43. The molecular weight excluding hydrogens is 140 g/mol. The molecule has 0 bridgehead atoms. The van der Waals surface area contributed by atoms with Crippen LogP contribution in [0.15, 0.2) is 30.3 Å². The summed E-state index contributed by atoms with van der Waals surface area (Å²) in [7, 11) is 0. The molecule has 0 atom stereocenters. The summed E-state index contributed by atoms with van der Waals surface area (Å²) in [6.07, 6.45) is 0. The van der Waals surface area contributed by atoms with Gasteiger partial charge in [-0.2, -0.15) is 0 Å². The van der Waals surface area contributed by atoms with E-state index in [1.165, 1.54) is 0 Å². The fourth-order valence-corrected chi connectivity index (χ4v) is 0.692. The fourth-order valence-electron chi connectivity index (χ4n) is 0.692. The minimum atomic E-state index is 0.0505. The molecule has 56 valence electrons. The van der Waals surface area contributed by atoms with Crippen molar-refractivity contribution in [3.63, 3.8) is 0 Å². The van der Waals surface area contributed by atoms with E-state index in [0.29, 0.717) is 0 Å². The van der Waals surface area contributed by atoms with Gasteiger partial charge in [0.2, 0.25) is 0 Å². The van der Waals surface area contributed by atoms with Crippen LogP contribution in [0.2, 0.25) is 0 Å². The molecule has 0 aromatic heterocycles. The van der Waals surface area contributed by atoms with Gasteiger partial charge in [-0.05, 0) is 12.1 Å². The van der Waals surface area contributed by atoms with Gasteiger partial charge in [0, 0.05) is 5.56 Å². The van der Waals surface area contributed by atoms with Gasteiger partial charge < -0.3 is 0 Å². The highest BCUT2D eigenvalue weighted by Crippen LogP contribution is 1.94. The molecule has 0 spiro atoms. The zero-order chi connectivity index (χ0) is 7.94. The van der Waals surface area contributed by atoms with Crippen LogP contribution in [0.1, 0.15) is 5.56 Å². The van der Waals surface area contributed by atoms with E-state index < -0.39 is 0 Å². The molecule has 0 saturated heterocycles. The van der Waals surface area contributed by atoms with E-state index in [0.717, 1.165) is 5.56 Å². The molecule has 1 aromatic carbocycles. The summed E-state index contributed by atoms with van der Waals surface area (Å²) >= 11 is 0. The van der Waals surface area contributed by atoms with E-state index >= 15 is 0 Å². The van der Waals surface area contributed by atoms with Crippen LogP contribution < -0.4 is 0 Å². The summed E-state index contributed by atoms with van der Waals surface area (Å²) in [5.41, 5.74) is 0.921. The maximum Gasteiger partial charge on any atom is 0.143 e. The van der Waals surface area contributed by atoms with E-state index in [1.54, 1.807) is 0 Å². The Balaban J connectivity index is 2.59. The van der Waals surface area contributed by atoms with Crippen molar-refractivity contribution in [1.82, 2.24) is 0 Å². The van der Waals surface area contributed by atoms with Gasteiger partial charge in [0.1, 0.15) is 6.61 Å². The standard InChI is InChI=1S/C9H8O2/c10-11-8-4-7-9-5-2-1-3-6-9/h1-3,5-6,10H,8H2. The molecule has 11 heavy (non-hydrogen) atoms. The monoisotopic (exact) mass is 148 g/mol. The highest BCUT2D eigenvalue weighted by Gasteiger charge is 1.79. The van der Waals surface area contributed by atoms with Crippen molar-refractivity contribution in [2.45, 2.75) is 0 Å². The van der Waals surface area contributed by atoms with Gasteiger partial charge >= 0.3 is 0 Å². The predicted molar refractivity (Wildman–Crippen MR) is 41.9 cm³/mol. The second-order valence-electron chi connectivity index (χ2n) is 1.94. The van der Waals surface area contributed by atoms with Crippen LogP contribution in [0, 0.1) is 11.8 Å². The molecule has 0 saturated carbocycles. The Kier molecular flexibility index (Phi) is 3.20. The number of hydrogen-bond acceptors (Lipinski definition) is 2. The van der Waals surface area contributed by atoms with Crippen LogP contribution in [0.4, 0.5) is 0 Å². The highest BCUT2D eigenvalue weighted by atomic mass is 17.1. The van der Waals surface area contributed by atoms with Crippen molar-refractivity contribution >= 4 is 0 Å². The Hall–Kier alpha value is -1.30. The summed E-state index contributed by atoms with van der Waals surface area (Å²) in [4.78, 5) is 3.79. The quantitative estimate of drug-likeness (QED) is 0.372. The molecule has 1 N–H and O–H groups in total. The maximum absolute atomic E-state index is 7.94.